The smallest absolute Gasteiger partial charge is 0.330 e. The molecule has 0 unspecified atom stereocenters. The molecule has 2 atom stereocenters. The standard InChI is InChI=1S/C35H43NO11/c1-6-31(39)46-22-35(2,3)32(40)33(41)36-18-8-7-12-26(36)34(42)47-27(15-13-23-14-16-28(43-4)29(20-23)44-5)24-10-9-11-25(21-24)45-19-17-30(37)38/h6,9-11,14,16,20-21,26-27H,1,7-8,12-13,15,17-19,22H2,2-5H3,(H,37,38)/t26-,27+/m0/s1. The Labute approximate surface area is 274 Å². The number of carbonyl (C=O) groups excluding carboxylic acids is 4. The number of benzene rings is 2. The largest absolute Gasteiger partial charge is 0.493 e. The number of rotatable bonds is 17. The highest BCUT2D eigenvalue weighted by molar-refractivity contribution is 6.38. The van der Waals surface area contributed by atoms with Crippen molar-refractivity contribution in [2.75, 3.05) is 34.0 Å². The summed E-state index contributed by atoms with van der Waals surface area (Å²) in [6.07, 6.45) is 2.41. The van der Waals surface area contributed by atoms with Crippen LogP contribution in [0.5, 0.6) is 17.2 Å². The maximum absolute atomic E-state index is 13.8. The maximum atomic E-state index is 13.8. The number of ketones is 1. The number of esters is 2. The van der Waals surface area contributed by atoms with Gasteiger partial charge >= 0.3 is 17.9 Å². The van der Waals surface area contributed by atoms with E-state index in [1.165, 1.54) is 18.7 Å². The molecule has 0 radical (unpaired) electrons. The fourth-order valence-corrected chi connectivity index (χ4v) is 5.12. The first-order valence-electron chi connectivity index (χ1n) is 15.4. The molecule has 0 spiro atoms. The Morgan fingerprint density at radius 2 is 1.79 bits per heavy atom. The third-order valence-electron chi connectivity index (χ3n) is 7.80. The van der Waals surface area contributed by atoms with Gasteiger partial charge in [0.1, 0.15) is 24.5 Å². The second kappa shape index (κ2) is 17.2. The van der Waals surface area contributed by atoms with Gasteiger partial charge in [0.15, 0.2) is 11.5 Å². The predicted molar refractivity (Wildman–Crippen MR) is 170 cm³/mol. The first kappa shape index (κ1) is 36.6. The minimum absolute atomic E-state index is 0.0365. The molecule has 2 aromatic rings. The van der Waals surface area contributed by atoms with Crippen molar-refractivity contribution in [3.63, 3.8) is 0 Å². The molecule has 1 aliphatic heterocycles. The Kier molecular flexibility index (Phi) is 13.4. The molecule has 0 aromatic heterocycles. The Morgan fingerprint density at radius 1 is 1.04 bits per heavy atom. The number of Topliss-reactive ketones (excluding diaryl/α,β-unsaturated/α-hetero) is 1. The van der Waals surface area contributed by atoms with E-state index in [2.05, 4.69) is 6.58 Å². The van der Waals surface area contributed by atoms with Crippen LogP contribution in [0.25, 0.3) is 0 Å². The van der Waals surface area contributed by atoms with E-state index in [1.807, 2.05) is 12.1 Å². The van der Waals surface area contributed by atoms with Crippen molar-refractivity contribution in [1.82, 2.24) is 4.90 Å². The van der Waals surface area contributed by atoms with Crippen LogP contribution in [0.2, 0.25) is 0 Å². The highest BCUT2D eigenvalue weighted by Gasteiger charge is 2.42. The molecule has 254 valence electrons. The Morgan fingerprint density at radius 3 is 2.47 bits per heavy atom. The molecule has 1 saturated heterocycles. The summed E-state index contributed by atoms with van der Waals surface area (Å²) in [5.74, 6) is -2.46. The van der Waals surface area contributed by atoms with Gasteiger partial charge in [0, 0.05) is 12.6 Å². The van der Waals surface area contributed by atoms with Gasteiger partial charge in [0.25, 0.3) is 5.91 Å². The second-order valence-corrected chi connectivity index (χ2v) is 11.8. The molecule has 1 aliphatic rings. The number of carboxylic acid groups (broad SMARTS) is 1. The van der Waals surface area contributed by atoms with Gasteiger partial charge in [-0.25, -0.2) is 9.59 Å². The van der Waals surface area contributed by atoms with Gasteiger partial charge < -0.3 is 33.7 Å². The van der Waals surface area contributed by atoms with E-state index in [0.29, 0.717) is 54.9 Å². The molecule has 0 saturated carbocycles. The first-order valence-corrected chi connectivity index (χ1v) is 15.4. The fourth-order valence-electron chi connectivity index (χ4n) is 5.12. The lowest BCUT2D eigenvalue weighted by Crippen LogP contribution is -2.53. The van der Waals surface area contributed by atoms with E-state index < -0.39 is 47.2 Å². The lowest BCUT2D eigenvalue weighted by molar-refractivity contribution is -0.165. The SMILES string of the molecule is C=CC(=O)OCC(C)(C)C(=O)C(=O)N1CCCC[C@H]1C(=O)O[C@H](CCc1ccc(OC)c(OC)c1)c1cccc(OCCC(=O)O)c1. The molecular weight excluding hydrogens is 610 g/mol. The third kappa shape index (κ3) is 10.3. The predicted octanol–water partition coefficient (Wildman–Crippen LogP) is 4.48. The van der Waals surface area contributed by atoms with E-state index in [9.17, 15) is 24.0 Å². The topological polar surface area (TPSA) is 155 Å². The van der Waals surface area contributed by atoms with E-state index in [0.717, 1.165) is 11.6 Å². The highest BCUT2D eigenvalue weighted by atomic mass is 16.5. The minimum atomic E-state index is -1.33. The number of likely N-dealkylation sites (tertiary alicyclic amines) is 1. The van der Waals surface area contributed by atoms with Crippen LogP contribution in [0.4, 0.5) is 0 Å². The maximum Gasteiger partial charge on any atom is 0.330 e. The Hall–Kier alpha value is -4.87. The van der Waals surface area contributed by atoms with Gasteiger partial charge in [-0.2, -0.15) is 0 Å². The van der Waals surface area contributed by atoms with Crippen LogP contribution < -0.4 is 14.2 Å². The van der Waals surface area contributed by atoms with E-state index in [-0.39, 0.29) is 26.2 Å². The fraction of sp³-hybridized carbons (Fsp3) is 0.457. The molecule has 1 N–H and O–H groups in total. The number of aryl methyl sites for hydroxylation is 1. The number of ether oxygens (including phenoxy) is 5. The summed E-state index contributed by atoms with van der Waals surface area (Å²) in [5.41, 5.74) is 0.184. The molecule has 3 rings (SSSR count). The molecule has 47 heavy (non-hydrogen) atoms. The van der Waals surface area contributed by atoms with Gasteiger partial charge in [-0.1, -0.05) is 24.8 Å². The van der Waals surface area contributed by atoms with E-state index >= 15 is 0 Å². The molecule has 12 nitrogen and oxygen atoms in total. The van der Waals surface area contributed by atoms with Crippen LogP contribution in [0, 0.1) is 5.41 Å². The van der Waals surface area contributed by atoms with Crippen LogP contribution in [0.15, 0.2) is 55.1 Å². The van der Waals surface area contributed by atoms with E-state index in [4.69, 9.17) is 28.8 Å². The summed E-state index contributed by atoms with van der Waals surface area (Å²) < 4.78 is 27.5. The monoisotopic (exact) mass is 653 g/mol. The summed E-state index contributed by atoms with van der Waals surface area (Å²) in [7, 11) is 3.09. The van der Waals surface area contributed by atoms with Gasteiger partial charge in [-0.05, 0) is 81.3 Å². The third-order valence-corrected chi connectivity index (χ3v) is 7.80. The van der Waals surface area contributed by atoms with Crippen molar-refractivity contribution in [3.05, 3.63) is 66.2 Å². The van der Waals surface area contributed by atoms with Crippen molar-refractivity contribution in [1.29, 1.82) is 0 Å². The summed E-state index contributed by atoms with van der Waals surface area (Å²) in [4.78, 5) is 64.3. The summed E-state index contributed by atoms with van der Waals surface area (Å²) in [6, 6.07) is 11.4. The van der Waals surface area contributed by atoms with Crippen LogP contribution in [-0.4, -0.2) is 79.6 Å². The number of piperidine rings is 1. The molecular formula is C35H43NO11. The zero-order chi connectivity index (χ0) is 34.6. The number of carboxylic acids is 1. The summed E-state index contributed by atoms with van der Waals surface area (Å²) in [6.45, 7) is 6.16. The average Bonchev–Trinajstić information content (AvgIpc) is 3.07. The molecule has 0 aliphatic carbocycles. The number of carbonyl (C=O) groups is 5. The quantitative estimate of drug-likeness (QED) is 0.146. The van der Waals surface area contributed by atoms with Gasteiger partial charge in [0.05, 0.1) is 32.7 Å². The molecule has 1 heterocycles. The number of hydrogen-bond donors (Lipinski definition) is 1. The summed E-state index contributed by atoms with van der Waals surface area (Å²) >= 11 is 0. The van der Waals surface area contributed by atoms with Gasteiger partial charge in [-0.15, -0.1) is 0 Å². The van der Waals surface area contributed by atoms with Crippen LogP contribution in [0.3, 0.4) is 0 Å². The van der Waals surface area contributed by atoms with Crippen LogP contribution in [0.1, 0.15) is 63.2 Å². The number of aliphatic carboxylic acids is 1. The zero-order valence-corrected chi connectivity index (χ0v) is 27.3. The first-order chi connectivity index (χ1) is 22.4. The number of hydrogen-bond acceptors (Lipinski definition) is 10. The Bertz CT molecular complexity index is 1450. The molecule has 12 heteroatoms. The van der Waals surface area contributed by atoms with Crippen LogP contribution >= 0.6 is 0 Å². The van der Waals surface area contributed by atoms with Crippen molar-refractivity contribution >= 4 is 29.6 Å². The summed E-state index contributed by atoms with van der Waals surface area (Å²) in [5, 5.41) is 8.98. The zero-order valence-electron chi connectivity index (χ0n) is 27.3. The Balaban J connectivity index is 1.84. The number of amides is 1. The molecule has 1 fully saturated rings. The second-order valence-electron chi connectivity index (χ2n) is 11.8. The molecule has 2 aromatic carbocycles. The van der Waals surface area contributed by atoms with Gasteiger partial charge in [-0.3, -0.25) is 14.4 Å². The minimum Gasteiger partial charge on any atom is -0.493 e. The van der Waals surface area contributed by atoms with Gasteiger partial charge in [0.2, 0.25) is 5.78 Å². The van der Waals surface area contributed by atoms with Crippen LogP contribution in [-0.2, 0) is 39.9 Å². The molecule has 1 amide bonds. The lowest BCUT2D eigenvalue weighted by atomic mass is 9.87. The van der Waals surface area contributed by atoms with Crippen molar-refractivity contribution in [3.8, 4) is 17.2 Å². The number of nitrogens with zero attached hydrogens (tertiary/aromatic N) is 1. The van der Waals surface area contributed by atoms with Crippen molar-refractivity contribution in [2.24, 2.45) is 5.41 Å². The van der Waals surface area contributed by atoms with Crippen molar-refractivity contribution < 1.29 is 52.8 Å². The highest BCUT2D eigenvalue weighted by Crippen LogP contribution is 2.32. The number of methoxy groups -OCH3 is 2. The average molecular weight is 654 g/mol. The van der Waals surface area contributed by atoms with Crippen molar-refractivity contribution in [2.45, 2.75) is 64.5 Å². The van der Waals surface area contributed by atoms with E-state index in [1.54, 1.807) is 44.6 Å². The normalized spacial score (nSPS) is 15.1. The lowest BCUT2D eigenvalue weighted by Gasteiger charge is -2.36. The molecule has 0 bridgehead atoms.